The van der Waals surface area contributed by atoms with Crippen molar-refractivity contribution in [3.05, 3.63) is 72.1 Å². The molecule has 3 aromatic carbocycles. The molecular formula is C29H28N2O6. The Kier molecular flexibility index (Phi) is 6.40. The maximum Gasteiger partial charge on any atom is 0.354 e. The Labute approximate surface area is 214 Å². The first kappa shape index (κ1) is 24.1. The van der Waals surface area contributed by atoms with Crippen LogP contribution in [0, 0.1) is 0 Å². The molecule has 0 aliphatic heterocycles. The number of nitrogens with one attached hydrogen (secondary N) is 1. The van der Waals surface area contributed by atoms with Gasteiger partial charge in [0.2, 0.25) is 0 Å². The normalized spacial score (nSPS) is 11.1. The molecule has 8 nitrogen and oxygen atoms in total. The third kappa shape index (κ3) is 3.91. The second-order valence-electron chi connectivity index (χ2n) is 8.44. The minimum absolute atomic E-state index is 0.405. The molecule has 0 aliphatic rings. The van der Waals surface area contributed by atoms with Crippen LogP contribution in [0.15, 0.2) is 60.8 Å². The number of carbonyl (C=O) groups is 1. The fourth-order valence-corrected chi connectivity index (χ4v) is 4.92. The monoisotopic (exact) mass is 500 g/mol. The van der Waals surface area contributed by atoms with E-state index in [1.54, 1.807) is 28.4 Å². The highest BCUT2D eigenvalue weighted by atomic mass is 16.5. The number of ether oxygens (including phenoxy) is 5. The highest BCUT2D eigenvalue weighted by Gasteiger charge is 2.28. The van der Waals surface area contributed by atoms with E-state index >= 15 is 0 Å². The van der Waals surface area contributed by atoms with Gasteiger partial charge in [0.25, 0.3) is 0 Å². The Morgan fingerprint density at radius 2 is 1.49 bits per heavy atom. The molecule has 0 aliphatic carbocycles. The number of hydrogen-bond donors (Lipinski definition) is 1. The lowest BCUT2D eigenvalue weighted by Crippen LogP contribution is -2.11. The Balaban J connectivity index is 1.95. The summed E-state index contributed by atoms with van der Waals surface area (Å²) in [4.78, 5) is 16.3. The van der Waals surface area contributed by atoms with Crippen LogP contribution in [-0.4, -0.2) is 51.1 Å². The third-order valence-corrected chi connectivity index (χ3v) is 6.57. The zero-order valence-corrected chi connectivity index (χ0v) is 21.4. The minimum atomic E-state index is -0.446. The molecule has 190 valence electrons. The van der Waals surface area contributed by atoms with Gasteiger partial charge in [0.1, 0.15) is 5.69 Å². The fourth-order valence-electron chi connectivity index (χ4n) is 4.92. The molecule has 0 fully saturated rings. The minimum Gasteiger partial charge on any atom is -0.493 e. The Bertz CT molecular complexity index is 1600. The topological polar surface area (TPSA) is 83.9 Å². The smallest absolute Gasteiger partial charge is 0.354 e. The van der Waals surface area contributed by atoms with Crippen molar-refractivity contribution in [3.8, 4) is 34.1 Å². The molecule has 0 bridgehead atoms. The number of hydrogen-bond acceptors (Lipinski definition) is 6. The van der Waals surface area contributed by atoms with Crippen LogP contribution in [0.25, 0.3) is 32.9 Å². The molecule has 5 aromatic rings. The summed E-state index contributed by atoms with van der Waals surface area (Å²) >= 11 is 0. The summed E-state index contributed by atoms with van der Waals surface area (Å²) in [5.41, 5.74) is 4.49. The Morgan fingerprint density at radius 1 is 0.811 bits per heavy atom. The lowest BCUT2D eigenvalue weighted by Gasteiger charge is -2.20. The number of rotatable bonds is 8. The lowest BCUT2D eigenvalue weighted by atomic mass is 9.96. The highest BCUT2D eigenvalue weighted by molar-refractivity contribution is 6.12. The predicted molar refractivity (Wildman–Crippen MR) is 142 cm³/mol. The molecule has 37 heavy (non-hydrogen) atoms. The fraction of sp³-hybridized carbons (Fsp3) is 0.207. The molecule has 8 heteroatoms. The molecular weight excluding hydrogens is 472 g/mol. The summed E-state index contributed by atoms with van der Waals surface area (Å²) in [5.74, 6) is 1.67. The Hall–Kier alpha value is -4.59. The summed E-state index contributed by atoms with van der Waals surface area (Å²) in [5, 5.41) is 1.71. The van der Waals surface area contributed by atoms with Crippen LogP contribution in [-0.2, 0) is 11.3 Å². The summed E-state index contributed by atoms with van der Waals surface area (Å²) in [6, 6.07) is 17.5. The van der Waals surface area contributed by atoms with Crippen LogP contribution in [0.1, 0.15) is 16.1 Å². The van der Waals surface area contributed by atoms with Crippen molar-refractivity contribution in [1.29, 1.82) is 0 Å². The van der Waals surface area contributed by atoms with Gasteiger partial charge in [0.15, 0.2) is 23.0 Å². The average Bonchev–Trinajstić information content (AvgIpc) is 3.55. The van der Waals surface area contributed by atoms with Gasteiger partial charge in [-0.1, -0.05) is 30.3 Å². The van der Waals surface area contributed by atoms with Crippen LogP contribution < -0.4 is 18.9 Å². The zero-order chi connectivity index (χ0) is 26.1. The van der Waals surface area contributed by atoms with Gasteiger partial charge < -0.3 is 33.2 Å². The number of H-pyrrole nitrogens is 1. The molecule has 5 rings (SSSR count). The third-order valence-electron chi connectivity index (χ3n) is 6.57. The van der Waals surface area contributed by atoms with Crippen molar-refractivity contribution < 1.29 is 28.5 Å². The molecule has 2 heterocycles. The second-order valence-corrected chi connectivity index (χ2v) is 8.44. The van der Waals surface area contributed by atoms with Gasteiger partial charge in [-0.05, 0) is 23.8 Å². The van der Waals surface area contributed by atoms with Gasteiger partial charge in [-0.25, -0.2) is 4.79 Å². The number of aromatic amines is 1. The van der Waals surface area contributed by atoms with Crippen LogP contribution in [0.4, 0.5) is 0 Å². The number of aromatic nitrogens is 2. The molecule has 0 atom stereocenters. The van der Waals surface area contributed by atoms with Crippen molar-refractivity contribution in [3.63, 3.8) is 0 Å². The van der Waals surface area contributed by atoms with Gasteiger partial charge >= 0.3 is 5.97 Å². The molecule has 0 saturated carbocycles. The first-order valence-electron chi connectivity index (χ1n) is 11.7. The van der Waals surface area contributed by atoms with E-state index in [0.717, 1.165) is 32.9 Å². The van der Waals surface area contributed by atoms with E-state index < -0.39 is 5.97 Å². The van der Waals surface area contributed by atoms with E-state index in [4.69, 9.17) is 23.7 Å². The van der Waals surface area contributed by atoms with Crippen molar-refractivity contribution in [1.82, 2.24) is 9.55 Å². The number of esters is 1. The van der Waals surface area contributed by atoms with Crippen molar-refractivity contribution in [2.75, 3.05) is 35.5 Å². The van der Waals surface area contributed by atoms with Crippen molar-refractivity contribution in [2.45, 2.75) is 6.54 Å². The van der Waals surface area contributed by atoms with Crippen LogP contribution in [0.2, 0.25) is 0 Å². The van der Waals surface area contributed by atoms with Crippen molar-refractivity contribution >= 4 is 27.8 Å². The second kappa shape index (κ2) is 9.81. The first-order chi connectivity index (χ1) is 18.1. The maximum absolute atomic E-state index is 13.0. The quantitative estimate of drug-likeness (QED) is 0.277. The number of fused-ring (bicyclic) bond motifs is 2. The molecule has 0 saturated heterocycles. The Morgan fingerprint density at radius 3 is 2.14 bits per heavy atom. The average molecular weight is 501 g/mol. The molecule has 2 aromatic heterocycles. The molecule has 1 N–H and O–H groups in total. The molecule has 0 amide bonds. The highest BCUT2D eigenvalue weighted by Crippen LogP contribution is 2.52. The summed E-state index contributed by atoms with van der Waals surface area (Å²) in [6.45, 7) is 0.455. The summed E-state index contributed by atoms with van der Waals surface area (Å²) in [6.07, 6.45) is 1.86. The maximum atomic E-state index is 13.0. The van der Waals surface area contributed by atoms with Crippen LogP contribution >= 0.6 is 0 Å². The molecule has 0 spiro atoms. The lowest BCUT2D eigenvalue weighted by molar-refractivity contribution is 0.0589. The van der Waals surface area contributed by atoms with E-state index in [9.17, 15) is 4.79 Å². The zero-order valence-electron chi connectivity index (χ0n) is 21.4. The van der Waals surface area contributed by atoms with Gasteiger partial charge in [-0.3, -0.25) is 0 Å². The van der Waals surface area contributed by atoms with Gasteiger partial charge in [0.05, 0.1) is 52.1 Å². The first-order valence-corrected chi connectivity index (χ1v) is 11.7. The van der Waals surface area contributed by atoms with E-state index in [2.05, 4.69) is 4.98 Å². The van der Waals surface area contributed by atoms with E-state index in [1.807, 2.05) is 65.4 Å². The van der Waals surface area contributed by atoms with Gasteiger partial charge in [-0.2, -0.15) is 0 Å². The standard InChI is InChI=1S/C29H28N2O6/c1-33-22-13-18-11-12-30-26(18)25(28(22)36-4)24-19-14-21(29(32)37-5)31(16-17-9-7-6-8-10-17)20(19)15-23(34-2)27(24)35-3/h6-15,30H,16H2,1-5H3. The number of carbonyl (C=O) groups excluding carboxylic acids is 1. The van der Waals surface area contributed by atoms with E-state index in [1.165, 1.54) is 7.11 Å². The van der Waals surface area contributed by atoms with Crippen LogP contribution in [0.3, 0.4) is 0 Å². The number of methoxy groups -OCH3 is 5. The van der Waals surface area contributed by atoms with Crippen molar-refractivity contribution in [2.24, 2.45) is 0 Å². The van der Waals surface area contributed by atoms with E-state index in [-0.39, 0.29) is 0 Å². The van der Waals surface area contributed by atoms with Crippen LogP contribution in [0.5, 0.6) is 23.0 Å². The summed E-state index contributed by atoms with van der Waals surface area (Å²) < 4.78 is 30.4. The predicted octanol–water partition coefficient (Wildman–Crippen LogP) is 5.66. The SMILES string of the molecule is COC(=O)c1cc2c(-c3c(OC)c(OC)cc4cc[nH]c34)c(OC)c(OC)cc2n1Cc1ccccc1. The molecule has 0 radical (unpaired) electrons. The summed E-state index contributed by atoms with van der Waals surface area (Å²) in [7, 11) is 7.76. The number of benzene rings is 3. The van der Waals surface area contributed by atoms with Gasteiger partial charge in [-0.15, -0.1) is 0 Å². The van der Waals surface area contributed by atoms with Gasteiger partial charge in [0, 0.05) is 35.1 Å². The largest absolute Gasteiger partial charge is 0.493 e. The number of nitrogens with zero attached hydrogens (tertiary/aromatic N) is 1. The molecule has 0 unspecified atom stereocenters. The van der Waals surface area contributed by atoms with E-state index in [0.29, 0.717) is 40.8 Å².